The van der Waals surface area contributed by atoms with E-state index in [1.165, 1.54) is 12.8 Å². The second-order valence-electron chi connectivity index (χ2n) is 4.70. The fourth-order valence-electron chi connectivity index (χ4n) is 2.32. The molecular weight excluding hydrogens is 234 g/mol. The summed E-state index contributed by atoms with van der Waals surface area (Å²) in [4.78, 5) is 8.81. The van der Waals surface area contributed by atoms with Crippen molar-refractivity contribution < 1.29 is 0 Å². The lowest BCUT2D eigenvalue weighted by molar-refractivity contribution is 0.468. The van der Waals surface area contributed by atoms with Crippen LogP contribution >= 0.6 is 11.6 Å². The highest BCUT2D eigenvalue weighted by Gasteiger charge is 2.23. The molecule has 1 fully saturated rings. The summed E-state index contributed by atoms with van der Waals surface area (Å²) < 4.78 is 0. The van der Waals surface area contributed by atoms with E-state index < -0.39 is 0 Å². The van der Waals surface area contributed by atoms with Crippen molar-refractivity contribution in [1.82, 2.24) is 9.97 Å². The van der Waals surface area contributed by atoms with E-state index >= 15 is 0 Å². The molecule has 0 aliphatic heterocycles. The molecule has 2 atom stereocenters. The molecule has 0 spiro atoms. The molecule has 2 unspecified atom stereocenters. The van der Waals surface area contributed by atoms with Gasteiger partial charge in [-0.1, -0.05) is 19.8 Å². The van der Waals surface area contributed by atoms with E-state index in [9.17, 15) is 0 Å². The third-order valence-corrected chi connectivity index (χ3v) is 3.79. The summed E-state index contributed by atoms with van der Waals surface area (Å²) in [6.45, 7) is 4.04. The summed E-state index contributed by atoms with van der Waals surface area (Å²) in [6, 6.07) is 2.38. The molecule has 1 aliphatic carbocycles. The zero-order valence-corrected chi connectivity index (χ0v) is 11.3. The first-order valence-corrected chi connectivity index (χ1v) is 6.88. The molecule has 1 N–H and O–H groups in total. The molecule has 17 heavy (non-hydrogen) atoms. The van der Waals surface area contributed by atoms with Gasteiger partial charge in [0.1, 0.15) is 11.6 Å². The average molecular weight is 254 g/mol. The summed E-state index contributed by atoms with van der Waals surface area (Å²) in [5.74, 6) is 1.75. The Hall–Kier alpha value is -0.830. The first kappa shape index (κ1) is 12.6. The van der Waals surface area contributed by atoms with Gasteiger partial charge in [-0.25, -0.2) is 9.97 Å². The number of nitrogens with zero attached hydrogens (tertiary/aromatic N) is 2. The van der Waals surface area contributed by atoms with Crippen LogP contribution in [0.2, 0.25) is 0 Å². The van der Waals surface area contributed by atoms with Crippen LogP contribution in [0.5, 0.6) is 0 Å². The molecule has 1 heterocycles. The number of alkyl halides is 1. The summed E-state index contributed by atoms with van der Waals surface area (Å²) in [5, 5.41) is 3.69. The second kappa shape index (κ2) is 5.67. The summed E-state index contributed by atoms with van der Waals surface area (Å²) in [5.41, 5.74) is 1.09. The first-order valence-electron chi connectivity index (χ1n) is 6.44. The smallest absolute Gasteiger partial charge is 0.130 e. The molecule has 2 rings (SSSR count). The predicted octanol–water partition coefficient (Wildman–Crippen LogP) is 3.31. The fourth-order valence-corrected chi connectivity index (χ4v) is 2.67. The van der Waals surface area contributed by atoms with Gasteiger partial charge in [0.15, 0.2) is 0 Å². The van der Waals surface area contributed by atoms with Crippen LogP contribution in [0.15, 0.2) is 6.07 Å². The molecule has 94 valence electrons. The fraction of sp³-hybridized carbons (Fsp3) is 0.692. The lowest BCUT2D eigenvalue weighted by Crippen LogP contribution is -2.33. The van der Waals surface area contributed by atoms with Gasteiger partial charge in [0.25, 0.3) is 0 Å². The number of aromatic nitrogens is 2. The van der Waals surface area contributed by atoms with Crippen LogP contribution in [0.1, 0.15) is 44.1 Å². The summed E-state index contributed by atoms with van der Waals surface area (Å²) in [6.07, 6.45) is 5.68. The van der Waals surface area contributed by atoms with Gasteiger partial charge in [0.2, 0.25) is 0 Å². The van der Waals surface area contributed by atoms with Crippen molar-refractivity contribution >= 4 is 17.4 Å². The third kappa shape index (κ3) is 3.32. The minimum Gasteiger partial charge on any atom is -0.366 e. The SMILES string of the molecule is CCc1cc(NC2CCCCC2Cl)nc(C)n1. The summed E-state index contributed by atoms with van der Waals surface area (Å²) in [7, 11) is 0. The van der Waals surface area contributed by atoms with E-state index in [1.807, 2.05) is 13.0 Å². The maximum atomic E-state index is 6.34. The van der Waals surface area contributed by atoms with Gasteiger partial charge in [-0.2, -0.15) is 0 Å². The molecule has 1 aliphatic rings. The molecule has 0 aromatic carbocycles. The summed E-state index contributed by atoms with van der Waals surface area (Å²) >= 11 is 6.34. The van der Waals surface area contributed by atoms with Crippen molar-refractivity contribution in [3.8, 4) is 0 Å². The minimum absolute atomic E-state index is 0.226. The Kier molecular flexibility index (Phi) is 4.21. The van der Waals surface area contributed by atoms with Crippen LogP contribution in [0.4, 0.5) is 5.82 Å². The van der Waals surface area contributed by atoms with Gasteiger partial charge in [-0.15, -0.1) is 11.6 Å². The van der Waals surface area contributed by atoms with Gasteiger partial charge in [-0.3, -0.25) is 0 Å². The van der Waals surface area contributed by atoms with Gasteiger partial charge in [0.05, 0.1) is 5.38 Å². The maximum Gasteiger partial charge on any atom is 0.130 e. The molecule has 0 saturated heterocycles. The number of anilines is 1. The van der Waals surface area contributed by atoms with Crippen LogP contribution in [-0.4, -0.2) is 21.4 Å². The molecule has 4 heteroatoms. The minimum atomic E-state index is 0.226. The quantitative estimate of drug-likeness (QED) is 0.840. The van der Waals surface area contributed by atoms with Gasteiger partial charge < -0.3 is 5.32 Å². The molecule has 3 nitrogen and oxygen atoms in total. The van der Waals surface area contributed by atoms with Gasteiger partial charge in [-0.05, 0) is 26.2 Å². The molecule has 1 aromatic heterocycles. The number of nitrogens with one attached hydrogen (secondary N) is 1. The van der Waals surface area contributed by atoms with Crippen LogP contribution in [0.25, 0.3) is 0 Å². The van der Waals surface area contributed by atoms with Crippen molar-refractivity contribution in [3.05, 3.63) is 17.6 Å². The lowest BCUT2D eigenvalue weighted by Gasteiger charge is -2.28. The van der Waals surface area contributed by atoms with Crippen LogP contribution < -0.4 is 5.32 Å². The van der Waals surface area contributed by atoms with Crippen molar-refractivity contribution in [2.24, 2.45) is 0 Å². The number of halogens is 1. The molecule has 0 amide bonds. The van der Waals surface area contributed by atoms with E-state index in [2.05, 4.69) is 22.2 Å². The molecule has 1 aromatic rings. The second-order valence-corrected chi connectivity index (χ2v) is 5.26. The van der Waals surface area contributed by atoms with E-state index in [4.69, 9.17) is 11.6 Å². The van der Waals surface area contributed by atoms with Gasteiger partial charge >= 0.3 is 0 Å². The maximum absolute atomic E-state index is 6.34. The van der Waals surface area contributed by atoms with Crippen molar-refractivity contribution in [1.29, 1.82) is 0 Å². The largest absolute Gasteiger partial charge is 0.366 e. The lowest BCUT2D eigenvalue weighted by atomic mass is 9.95. The van der Waals surface area contributed by atoms with E-state index in [1.54, 1.807) is 0 Å². The van der Waals surface area contributed by atoms with Crippen LogP contribution in [-0.2, 0) is 6.42 Å². The highest BCUT2D eigenvalue weighted by atomic mass is 35.5. The highest BCUT2D eigenvalue weighted by molar-refractivity contribution is 6.21. The Bertz CT molecular complexity index is 381. The molecule has 1 saturated carbocycles. The van der Waals surface area contributed by atoms with Crippen LogP contribution in [0, 0.1) is 6.92 Å². The van der Waals surface area contributed by atoms with Crippen molar-refractivity contribution in [2.75, 3.05) is 5.32 Å². The van der Waals surface area contributed by atoms with Gasteiger partial charge in [0, 0.05) is 17.8 Å². The van der Waals surface area contributed by atoms with E-state index in [0.717, 1.165) is 36.6 Å². The monoisotopic (exact) mass is 253 g/mol. The number of hydrogen-bond acceptors (Lipinski definition) is 3. The van der Waals surface area contributed by atoms with Crippen LogP contribution in [0.3, 0.4) is 0 Å². The average Bonchev–Trinajstić information content (AvgIpc) is 2.31. The Morgan fingerprint density at radius 1 is 1.35 bits per heavy atom. The Labute approximate surface area is 108 Å². The molecular formula is C13H20ClN3. The number of rotatable bonds is 3. The third-order valence-electron chi connectivity index (χ3n) is 3.27. The number of aryl methyl sites for hydroxylation is 2. The van der Waals surface area contributed by atoms with E-state index in [0.29, 0.717) is 6.04 Å². The van der Waals surface area contributed by atoms with E-state index in [-0.39, 0.29) is 5.38 Å². The molecule has 0 radical (unpaired) electrons. The normalized spacial score (nSPS) is 24.6. The van der Waals surface area contributed by atoms with Crippen molar-refractivity contribution in [3.63, 3.8) is 0 Å². The van der Waals surface area contributed by atoms with Crippen molar-refractivity contribution in [2.45, 2.75) is 57.4 Å². The first-order chi connectivity index (χ1) is 8.19. The predicted molar refractivity (Wildman–Crippen MR) is 71.7 cm³/mol. The highest BCUT2D eigenvalue weighted by Crippen LogP contribution is 2.25. The zero-order valence-electron chi connectivity index (χ0n) is 10.5. The number of hydrogen-bond donors (Lipinski definition) is 1. The standard InChI is InChI=1S/C13H20ClN3/c1-3-10-8-13(16-9(2)15-10)17-12-7-5-4-6-11(12)14/h8,11-12H,3-7H2,1-2H3,(H,15,16,17). The zero-order chi connectivity index (χ0) is 12.3. The Morgan fingerprint density at radius 3 is 2.82 bits per heavy atom. The Balaban J connectivity index is 2.09. The Morgan fingerprint density at radius 2 is 2.12 bits per heavy atom. The molecule has 0 bridgehead atoms. The topological polar surface area (TPSA) is 37.8 Å².